The van der Waals surface area contributed by atoms with E-state index in [9.17, 15) is 13.2 Å². The number of carbonyl (C=O) groups excluding carboxylic acids is 1. The fourth-order valence-electron chi connectivity index (χ4n) is 2.71. The molecule has 148 valence electrons. The standard InChI is InChI=1S/C19H21N3O4S2/c1-13(21-28(24,25)15-10-8-14(26-3)9-11-15)19(23)22(2)12-18-20-16-6-4-5-7-17(16)27-18/h4-11,13,21H,12H2,1-3H3/t13-/m0/s1. The van der Waals surface area contributed by atoms with E-state index in [1.54, 1.807) is 19.2 Å². The number of carbonyl (C=O) groups is 1. The number of aromatic nitrogens is 1. The van der Waals surface area contributed by atoms with Crippen LogP contribution in [0.25, 0.3) is 10.2 Å². The molecule has 2 aromatic carbocycles. The van der Waals surface area contributed by atoms with E-state index in [-0.39, 0.29) is 10.8 Å². The van der Waals surface area contributed by atoms with Crippen LogP contribution >= 0.6 is 11.3 Å². The van der Waals surface area contributed by atoms with E-state index >= 15 is 0 Å². The van der Waals surface area contributed by atoms with Gasteiger partial charge < -0.3 is 9.64 Å². The van der Waals surface area contributed by atoms with E-state index in [2.05, 4.69) is 9.71 Å². The highest BCUT2D eigenvalue weighted by Crippen LogP contribution is 2.22. The molecule has 0 bridgehead atoms. The highest BCUT2D eigenvalue weighted by Gasteiger charge is 2.25. The van der Waals surface area contributed by atoms with Crippen LogP contribution in [-0.2, 0) is 21.4 Å². The number of thiazole rings is 1. The lowest BCUT2D eigenvalue weighted by molar-refractivity contribution is -0.131. The molecule has 1 amide bonds. The number of methoxy groups -OCH3 is 1. The molecule has 0 aliphatic heterocycles. The minimum atomic E-state index is -3.82. The van der Waals surface area contributed by atoms with Crippen LogP contribution in [0.15, 0.2) is 53.4 Å². The van der Waals surface area contributed by atoms with Crippen LogP contribution in [0.5, 0.6) is 5.75 Å². The Kier molecular flexibility index (Phi) is 5.97. The smallest absolute Gasteiger partial charge is 0.241 e. The quantitative estimate of drug-likeness (QED) is 0.636. The Morgan fingerprint density at radius 3 is 2.54 bits per heavy atom. The lowest BCUT2D eigenvalue weighted by atomic mass is 10.3. The molecule has 1 atom stereocenters. The number of ether oxygens (including phenoxy) is 1. The average Bonchev–Trinajstić information content (AvgIpc) is 3.09. The minimum absolute atomic E-state index is 0.0711. The van der Waals surface area contributed by atoms with Crippen LogP contribution in [0.2, 0.25) is 0 Å². The van der Waals surface area contributed by atoms with Gasteiger partial charge in [0.2, 0.25) is 15.9 Å². The van der Waals surface area contributed by atoms with Gasteiger partial charge in [0.25, 0.3) is 0 Å². The summed E-state index contributed by atoms with van der Waals surface area (Å²) < 4.78 is 33.5. The first-order valence-electron chi connectivity index (χ1n) is 8.56. The molecule has 1 aromatic heterocycles. The number of hydrogen-bond acceptors (Lipinski definition) is 6. The van der Waals surface area contributed by atoms with Gasteiger partial charge in [0.15, 0.2) is 0 Å². The number of fused-ring (bicyclic) bond motifs is 1. The summed E-state index contributed by atoms with van der Waals surface area (Å²) in [6, 6.07) is 12.8. The summed E-state index contributed by atoms with van der Waals surface area (Å²) in [7, 11) is -0.687. The molecule has 0 spiro atoms. The first-order chi connectivity index (χ1) is 13.3. The predicted molar refractivity (Wildman–Crippen MR) is 109 cm³/mol. The summed E-state index contributed by atoms with van der Waals surface area (Å²) in [5.41, 5.74) is 0.886. The number of likely N-dealkylation sites (N-methyl/N-ethyl adjacent to an activating group) is 1. The first kappa shape index (κ1) is 20.2. The Balaban J connectivity index is 1.66. The van der Waals surface area contributed by atoms with Gasteiger partial charge in [-0.25, -0.2) is 13.4 Å². The molecule has 0 saturated carbocycles. The van der Waals surface area contributed by atoms with Crippen LogP contribution in [0, 0.1) is 0 Å². The molecule has 0 fully saturated rings. The Morgan fingerprint density at radius 2 is 1.89 bits per heavy atom. The van der Waals surface area contributed by atoms with Gasteiger partial charge in [0.05, 0.1) is 34.8 Å². The Morgan fingerprint density at radius 1 is 1.21 bits per heavy atom. The molecule has 9 heteroatoms. The second-order valence-electron chi connectivity index (χ2n) is 6.29. The van der Waals surface area contributed by atoms with Crippen molar-refractivity contribution in [2.24, 2.45) is 0 Å². The highest BCUT2D eigenvalue weighted by molar-refractivity contribution is 7.89. The Labute approximate surface area is 168 Å². The summed E-state index contributed by atoms with van der Waals surface area (Å²) in [6.07, 6.45) is 0. The van der Waals surface area contributed by atoms with Crippen molar-refractivity contribution >= 4 is 37.5 Å². The minimum Gasteiger partial charge on any atom is -0.497 e. The van der Waals surface area contributed by atoms with Gasteiger partial charge in [-0.1, -0.05) is 12.1 Å². The maximum atomic E-state index is 12.6. The monoisotopic (exact) mass is 419 g/mol. The van der Waals surface area contributed by atoms with Gasteiger partial charge in [0, 0.05) is 7.05 Å². The van der Waals surface area contributed by atoms with Crippen molar-refractivity contribution in [2.45, 2.75) is 24.4 Å². The summed E-state index contributed by atoms with van der Waals surface area (Å²) in [6.45, 7) is 1.84. The SMILES string of the molecule is COc1ccc(S(=O)(=O)N[C@@H](C)C(=O)N(C)Cc2nc3ccccc3s2)cc1. The zero-order valence-electron chi connectivity index (χ0n) is 15.7. The van der Waals surface area contributed by atoms with E-state index in [1.807, 2.05) is 24.3 Å². The molecular weight excluding hydrogens is 398 g/mol. The van der Waals surface area contributed by atoms with E-state index in [0.717, 1.165) is 15.2 Å². The zero-order valence-corrected chi connectivity index (χ0v) is 17.4. The third-order valence-electron chi connectivity index (χ3n) is 4.16. The maximum Gasteiger partial charge on any atom is 0.241 e. The predicted octanol–water partition coefficient (Wildman–Crippen LogP) is 2.63. The van der Waals surface area contributed by atoms with Gasteiger partial charge in [-0.2, -0.15) is 4.72 Å². The summed E-state index contributed by atoms with van der Waals surface area (Å²) >= 11 is 1.51. The van der Waals surface area contributed by atoms with Crippen LogP contribution in [0.1, 0.15) is 11.9 Å². The van der Waals surface area contributed by atoms with Crippen molar-refractivity contribution in [3.63, 3.8) is 0 Å². The molecule has 0 radical (unpaired) electrons. The molecule has 3 rings (SSSR count). The van der Waals surface area contributed by atoms with Gasteiger partial charge in [-0.15, -0.1) is 11.3 Å². The van der Waals surface area contributed by atoms with Crippen molar-refractivity contribution in [3.05, 3.63) is 53.5 Å². The largest absolute Gasteiger partial charge is 0.497 e. The molecular formula is C19H21N3O4S2. The molecule has 0 saturated heterocycles. The number of hydrogen-bond donors (Lipinski definition) is 1. The van der Waals surface area contributed by atoms with Gasteiger partial charge in [-0.05, 0) is 43.3 Å². The van der Waals surface area contributed by atoms with Crippen LogP contribution in [-0.4, -0.2) is 44.4 Å². The third-order valence-corrected chi connectivity index (χ3v) is 6.74. The fourth-order valence-corrected chi connectivity index (χ4v) is 4.92. The number of nitrogens with one attached hydrogen (secondary N) is 1. The summed E-state index contributed by atoms with van der Waals surface area (Å²) in [4.78, 5) is 18.7. The third kappa shape index (κ3) is 4.49. The summed E-state index contributed by atoms with van der Waals surface area (Å²) in [5.74, 6) is 0.218. The number of sulfonamides is 1. The Bertz CT molecular complexity index is 1050. The molecule has 28 heavy (non-hydrogen) atoms. The molecule has 0 unspecified atom stereocenters. The number of benzene rings is 2. The fraction of sp³-hybridized carbons (Fsp3) is 0.263. The molecule has 3 aromatic rings. The normalized spacial score (nSPS) is 12.7. The van der Waals surface area contributed by atoms with Gasteiger partial charge in [-0.3, -0.25) is 4.79 Å². The van der Waals surface area contributed by atoms with E-state index in [4.69, 9.17) is 4.74 Å². The van der Waals surface area contributed by atoms with E-state index in [0.29, 0.717) is 12.3 Å². The lowest BCUT2D eigenvalue weighted by Crippen LogP contribution is -2.45. The van der Waals surface area contributed by atoms with E-state index < -0.39 is 16.1 Å². The van der Waals surface area contributed by atoms with Crippen molar-refractivity contribution in [1.29, 1.82) is 0 Å². The zero-order chi connectivity index (χ0) is 20.3. The van der Waals surface area contributed by atoms with Gasteiger partial charge in [0.1, 0.15) is 10.8 Å². The second-order valence-corrected chi connectivity index (χ2v) is 9.12. The topological polar surface area (TPSA) is 88.6 Å². The highest BCUT2D eigenvalue weighted by atomic mass is 32.2. The van der Waals surface area contributed by atoms with Gasteiger partial charge >= 0.3 is 0 Å². The lowest BCUT2D eigenvalue weighted by Gasteiger charge is -2.21. The van der Waals surface area contributed by atoms with E-state index in [1.165, 1.54) is 42.4 Å². The first-order valence-corrected chi connectivity index (χ1v) is 10.9. The van der Waals surface area contributed by atoms with Crippen LogP contribution < -0.4 is 9.46 Å². The number of rotatable bonds is 7. The molecule has 0 aliphatic carbocycles. The molecule has 1 N–H and O–H groups in total. The number of amides is 1. The molecule has 0 aliphatic rings. The number of para-hydroxylation sites is 1. The maximum absolute atomic E-state index is 12.6. The number of nitrogens with zero attached hydrogens (tertiary/aromatic N) is 2. The van der Waals surface area contributed by atoms with Crippen molar-refractivity contribution in [1.82, 2.24) is 14.6 Å². The van der Waals surface area contributed by atoms with Crippen molar-refractivity contribution < 1.29 is 17.9 Å². The summed E-state index contributed by atoms with van der Waals surface area (Å²) in [5, 5.41) is 0.794. The second kappa shape index (κ2) is 8.26. The van der Waals surface area contributed by atoms with Crippen LogP contribution in [0.4, 0.5) is 0 Å². The van der Waals surface area contributed by atoms with Crippen LogP contribution in [0.3, 0.4) is 0 Å². The molecule has 7 nitrogen and oxygen atoms in total. The Hall–Kier alpha value is -2.49. The average molecular weight is 420 g/mol. The molecule has 1 heterocycles. The van der Waals surface area contributed by atoms with Crippen molar-refractivity contribution in [3.8, 4) is 5.75 Å². The van der Waals surface area contributed by atoms with Crippen molar-refractivity contribution in [2.75, 3.05) is 14.2 Å².